The van der Waals surface area contributed by atoms with Gasteiger partial charge in [0.15, 0.2) is 5.78 Å². The standard InChI is InChI=1S/C19H20N4O2/c1-5-6-23-19-15(11-25-4)7-14(16-9-20-13(3)21-10-16)8-17(19)18(22-23)12(2)24/h5,7-10H,1,6,11H2,2-4H3. The van der Waals surface area contributed by atoms with Gasteiger partial charge in [0.1, 0.15) is 11.5 Å². The van der Waals surface area contributed by atoms with E-state index in [0.29, 0.717) is 24.7 Å². The number of allylic oxidation sites excluding steroid dienone is 1. The quantitative estimate of drug-likeness (QED) is 0.510. The van der Waals surface area contributed by atoms with E-state index in [2.05, 4.69) is 21.6 Å². The number of hydrogen-bond acceptors (Lipinski definition) is 5. The fourth-order valence-corrected chi connectivity index (χ4v) is 2.89. The van der Waals surface area contributed by atoms with Crippen molar-refractivity contribution in [2.75, 3.05) is 7.11 Å². The number of ether oxygens (including phenoxy) is 1. The smallest absolute Gasteiger partial charge is 0.180 e. The van der Waals surface area contributed by atoms with Gasteiger partial charge < -0.3 is 4.74 Å². The summed E-state index contributed by atoms with van der Waals surface area (Å²) in [5.41, 5.74) is 4.11. The summed E-state index contributed by atoms with van der Waals surface area (Å²) >= 11 is 0. The average Bonchev–Trinajstić information content (AvgIpc) is 2.95. The maximum Gasteiger partial charge on any atom is 0.180 e. The SMILES string of the molecule is C=CCn1nc(C(C)=O)c2cc(-c3cnc(C)nc3)cc(COC)c21. The number of aryl methyl sites for hydroxylation is 1. The maximum atomic E-state index is 12.1. The fourth-order valence-electron chi connectivity index (χ4n) is 2.89. The van der Waals surface area contributed by atoms with Crippen LogP contribution in [-0.2, 0) is 17.9 Å². The minimum atomic E-state index is -0.0755. The van der Waals surface area contributed by atoms with Crippen LogP contribution in [0.15, 0.2) is 37.2 Å². The number of aromatic nitrogens is 4. The molecule has 0 radical (unpaired) electrons. The number of carbonyl (C=O) groups is 1. The molecule has 3 rings (SSSR count). The summed E-state index contributed by atoms with van der Waals surface area (Å²) < 4.78 is 7.16. The van der Waals surface area contributed by atoms with Gasteiger partial charge >= 0.3 is 0 Å². The van der Waals surface area contributed by atoms with E-state index in [4.69, 9.17) is 4.74 Å². The van der Waals surface area contributed by atoms with E-state index in [-0.39, 0.29) is 5.78 Å². The van der Waals surface area contributed by atoms with Gasteiger partial charge in [-0.25, -0.2) is 9.97 Å². The molecule has 0 aliphatic carbocycles. The van der Waals surface area contributed by atoms with Crippen LogP contribution in [0.5, 0.6) is 0 Å². The maximum absolute atomic E-state index is 12.1. The van der Waals surface area contributed by atoms with Gasteiger partial charge in [-0.15, -0.1) is 6.58 Å². The molecule has 3 aromatic rings. The van der Waals surface area contributed by atoms with Crippen LogP contribution in [0, 0.1) is 6.92 Å². The molecule has 6 nitrogen and oxygen atoms in total. The highest BCUT2D eigenvalue weighted by molar-refractivity contribution is 6.06. The molecule has 0 N–H and O–H groups in total. The summed E-state index contributed by atoms with van der Waals surface area (Å²) in [7, 11) is 1.65. The summed E-state index contributed by atoms with van der Waals surface area (Å²) in [5, 5.41) is 5.28. The van der Waals surface area contributed by atoms with Crippen molar-refractivity contribution in [3.63, 3.8) is 0 Å². The second-order valence-corrected chi connectivity index (χ2v) is 5.86. The summed E-state index contributed by atoms with van der Waals surface area (Å²) in [6, 6.07) is 4.00. The molecule has 2 aromatic heterocycles. The Bertz CT molecular complexity index is 942. The number of fused-ring (bicyclic) bond motifs is 1. The number of nitrogens with zero attached hydrogens (tertiary/aromatic N) is 4. The molecule has 0 bridgehead atoms. The van der Waals surface area contributed by atoms with Gasteiger partial charge in [0.25, 0.3) is 0 Å². The molecule has 0 atom stereocenters. The molecule has 0 amide bonds. The lowest BCUT2D eigenvalue weighted by Gasteiger charge is -2.09. The topological polar surface area (TPSA) is 69.9 Å². The van der Waals surface area contributed by atoms with Gasteiger partial charge in [0.05, 0.1) is 18.7 Å². The fraction of sp³-hybridized carbons (Fsp3) is 0.263. The number of Topliss-reactive ketones (excluding diaryl/α,β-unsaturated/α-hetero) is 1. The van der Waals surface area contributed by atoms with Crippen molar-refractivity contribution in [2.24, 2.45) is 0 Å². The van der Waals surface area contributed by atoms with Gasteiger partial charge in [0.2, 0.25) is 0 Å². The van der Waals surface area contributed by atoms with E-state index in [1.54, 1.807) is 30.3 Å². The molecular formula is C19H20N4O2. The van der Waals surface area contributed by atoms with Crippen LogP contribution < -0.4 is 0 Å². The zero-order valence-electron chi connectivity index (χ0n) is 14.6. The summed E-state index contributed by atoms with van der Waals surface area (Å²) in [5.74, 6) is 0.638. The van der Waals surface area contributed by atoms with Gasteiger partial charge in [-0.2, -0.15) is 5.10 Å². The highest BCUT2D eigenvalue weighted by Gasteiger charge is 2.18. The first-order chi connectivity index (χ1) is 12.0. The van der Waals surface area contributed by atoms with Crippen molar-refractivity contribution in [1.29, 1.82) is 0 Å². The van der Waals surface area contributed by atoms with Gasteiger partial charge in [0, 0.05) is 42.9 Å². The van der Waals surface area contributed by atoms with Crippen molar-refractivity contribution in [1.82, 2.24) is 19.7 Å². The van der Waals surface area contributed by atoms with E-state index >= 15 is 0 Å². The van der Waals surface area contributed by atoms with Crippen LogP contribution in [0.25, 0.3) is 22.0 Å². The Balaban J connectivity index is 2.31. The molecule has 25 heavy (non-hydrogen) atoms. The third-order valence-electron chi connectivity index (χ3n) is 3.97. The average molecular weight is 336 g/mol. The van der Waals surface area contributed by atoms with Crippen LogP contribution in [0.2, 0.25) is 0 Å². The molecule has 0 aliphatic heterocycles. The molecule has 0 fully saturated rings. The van der Waals surface area contributed by atoms with Crippen molar-refractivity contribution in [2.45, 2.75) is 27.0 Å². The van der Waals surface area contributed by atoms with E-state index in [1.807, 2.05) is 19.1 Å². The zero-order chi connectivity index (χ0) is 18.0. The van der Waals surface area contributed by atoms with Gasteiger partial charge in [-0.05, 0) is 24.6 Å². The number of rotatable bonds is 6. The first-order valence-electron chi connectivity index (χ1n) is 7.98. The Morgan fingerprint density at radius 3 is 2.60 bits per heavy atom. The molecule has 2 heterocycles. The highest BCUT2D eigenvalue weighted by Crippen LogP contribution is 2.30. The molecular weight excluding hydrogens is 316 g/mol. The third-order valence-corrected chi connectivity index (χ3v) is 3.97. The number of methoxy groups -OCH3 is 1. The van der Waals surface area contributed by atoms with Crippen LogP contribution in [0.3, 0.4) is 0 Å². The van der Waals surface area contributed by atoms with E-state index in [1.165, 1.54) is 6.92 Å². The van der Waals surface area contributed by atoms with Crippen molar-refractivity contribution < 1.29 is 9.53 Å². The Kier molecular flexibility index (Phi) is 4.72. The zero-order valence-corrected chi connectivity index (χ0v) is 14.6. The molecule has 0 saturated carbocycles. The summed E-state index contributed by atoms with van der Waals surface area (Å²) in [6.45, 7) is 8.08. The normalized spacial score (nSPS) is 11.0. The van der Waals surface area contributed by atoms with Crippen LogP contribution in [-0.4, -0.2) is 32.6 Å². The van der Waals surface area contributed by atoms with Crippen LogP contribution >= 0.6 is 0 Å². The first-order valence-corrected chi connectivity index (χ1v) is 7.98. The second kappa shape index (κ2) is 6.94. The number of carbonyl (C=O) groups excluding carboxylic acids is 1. The Hall–Kier alpha value is -2.86. The van der Waals surface area contributed by atoms with Crippen LogP contribution in [0.4, 0.5) is 0 Å². The predicted octanol–water partition coefficient (Wildman–Crippen LogP) is 3.34. The molecule has 1 aromatic carbocycles. The first kappa shape index (κ1) is 17.0. The largest absolute Gasteiger partial charge is 0.380 e. The lowest BCUT2D eigenvalue weighted by atomic mass is 10.0. The Morgan fingerprint density at radius 1 is 1.28 bits per heavy atom. The van der Waals surface area contributed by atoms with Crippen molar-refractivity contribution in [3.05, 3.63) is 54.3 Å². The van der Waals surface area contributed by atoms with Crippen molar-refractivity contribution >= 4 is 16.7 Å². The monoisotopic (exact) mass is 336 g/mol. The Morgan fingerprint density at radius 2 is 2.00 bits per heavy atom. The lowest BCUT2D eigenvalue weighted by Crippen LogP contribution is -2.02. The Labute approximate surface area is 146 Å². The second-order valence-electron chi connectivity index (χ2n) is 5.86. The van der Waals surface area contributed by atoms with Crippen molar-refractivity contribution in [3.8, 4) is 11.1 Å². The van der Waals surface area contributed by atoms with Crippen LogP contribution in [0.1, 0.15) is 28.8 Å². The van der Waals surface area contributed by atoms with E-state index in [0.717, 1.165) is 27.6 Å². The molecule has 0 unspecified atom stereocenters. The predicted molar refractivity (Wildman–Crippen MR) is 96.4 cm³/mol. The minimum Gasteiger partial charge on any atom is -0.380 e. The van der Waals surface area contributed by atoms with Gasteiger partial charge in [-0.3, -0.25) is 9.48 Å². The summed E-state index contributed by atoms with van der Waals surface area (Å²) in [6.07, 6.45) is 5.32. The van der Waals surface area contributed by atoms with Gasteiger partial charge in [-0.1, -0.05) is 6.08 Å². The molecule has 128 valence electrons. The molecule has 0 aliphatic rings. The van der Waals surface area contributed by atoms with E-state index in [9.17, 15) is 4.79 Å². The number of ketones is 1. The minimum absolute atomic E-state index is 0.0755. The number of hydrogen-bond donors (Lipinski definition) is 0. The summed E-state index contributed by atoms with van der Waals surface area (Å²) in [4.78, 5) is 20.6. The molecule has 6 heteroatoms. The highest BCUT2D eigenvalue weighted by atomic mass is 16.5. The molecule has 0 spiro atoms. The molecule has 0 saturated heterocycles. The van der Waals surface area contributed by atoms with E-state index < -0.39 is 0 Å². The lowest BCUT2D eigenvalue weighted by molar-refractivity contribution is 0.101. The number of benzene rings is 1. The third kappa shape index (κ3) is 3.21.